The Morgan fingerprint density at radius 1 is 0.921 bits per heavy atom. The van der Waals surface area contributed by atoms with Crippen LogP contribution in [-0.4, -0.2) is 142 Å². The van der Waals surface area contributed by atoms with Crippen molar-refractivity contribution in [3.8, 4) is 0 Å². The summed E-state index contributed by atoms with van der Waals surface area (Å²) in [5, 5.41) is 82.1. The SMILES string of the molecule is C/C(=C\CNc1ncnc2c1ncn2[C@H]1O[C@H](CO)[C@@H](O)[C@H](O)[C@H]1O)CO[C@H]1O[C@H](CO)[C@@H](O)[C@H](O)[C@H]1O. The maximum Gasteiger partial charge on any atom is 0.187 e. The highest BCUT2D eigenvalue weighted by Gasteiger charge is 2.45. The molecule has 2 aliphatic rings. The largest absolute Gasteiger partial charge is 0.394 e. The minimum atomic E-state index is -1.55. The normalized spacial score (nSPS) is 36.5. The van der Waals surface area contributed by atoms with Gasteiger partial charge in [0, 0.05) is 6.54 Å². The maximum atomic E-state index is 10.4. The fraction of sp³-hybridized carbons (Fsp3) is 0.682. The van der Waals surface area contributed by atoms with E-state index in [1.54, 1.807) is 13.0 Å². The first kappa shape index (κ1) is 28.7. The fourth-order valence-corrected chi connectivity index (χ4v) is 4.28. The number of aliphatic hydroxyl groups is 8. The molecular formula is C22H33N5O11. The van der Waals surface area contributed by atoms with Crippen LogP contribution in [0.5, 0.6) is 0 Å². The number of hydrogen-bond donors (Lipinski definition) is 9. The number of anilines is 1. The molecule has 16 nitrogen and oxygen atoms in total. The van der Waals surface area contributed by atoms with E-state index in [4.69, 9.17) is 14.2 Å². The second-order valence-electron chi connectivity index (χ2n) is 9.21. The van der Waals surface area contributed by atoms with Crippen LogP contribution in [0.2, 0.25) is 0 Å². The lowest BCUT2D eigenvalue weighted by Crippen LogP contribution is -2.59. The van der Waals surface area contributed by atoms with E-state index in [-0.39, 0.29) is 18.8 Å². The number of aliphatic hydroxyl groups excluding tert-OH is 8. The van der Waals surface area contributed by atoms with Crippen molar-refractivity contribution < 1.29 is 55.1 Å². The lowest BCUT2D eigenvalue weighted by molar-refractivity contribution is -0.299. The molecule has 0 amide bonds. The minimum absolute atomic E-state index is 0.0231. The smallest absolute Gasteiger partial charge is 0.187 e. The van der Waals surface area contributed by atoms with Crippen molar-refractivity contribution in [3.05, 3.63) is 24.3 Å². The van der Waals surface area contributed by atoms with E-state index in [0.29, 0.717) is 11.3 Å². The highest BCUT2D eigenvalue weighted by atomic mass is 16.7. The van der Waals surface area contributed by atoms with E-state index in [1.807, 2.05) is 0 Å². The van der Waals surface area contributed by atoms with Crippen LogP contribution < -0.4 is 5.32 Å². The highest BCUT2D eigenvalue weighted by molar-refractivity contribution is 5.82. The standard InChI is InChI=1S/C22H33N5O11/c1-9(6-36-22-18(35)16(33)14(31)11(5-29)38-22)2-3-23-19-12-20(25-7-24-19)27(8-26-12)21-17(34)15(32)13(30)10(4-28)37-21/h2,7-8,10-11,13-18,21-22,28-35H,3-6H2,1H3,(H,23,24,25)/b9-2+/t10-,11-,13-,14-,15+,16+,17-,18-,21+,22+/m1/s1. The minimum Gasteiger partial charge on any atom is -0.394 e. The van der Waals surface area contributed by atoms with E-state index in [0.717, 1.165) is 5.57 Å². The van der Waals surface area contributed by atoms with Gasteiger partial charge < -0.3 is 60.4 Å². The molecule has 2 fully saturated rings. The summed E-state index contributed by atoms with van der Waals surface area (Å²) >= 11 is 0. The van der Waals surface area contributed by atoms with Crippen LogP contribution in [-0.2, 0) is 14.2 Å². The van der Waals surface area contributed by atoms with E-state index < -0.39 is 74.6 Å². The quantitative estimate of drug-likeness (QED) is 0.137. The number of nitrogens with one attached hydrogen (secondary N) is 1. The van der Waals surface area contributed by atoms with Crippen molar-refractivity contribution in [2.75, 3.05) is 31.7 Å². The summed E-state index contributed by atoms with van der Waals surface area (Å²) in [7, 11) is 0. The monoisotopic (exact) mass is 543 g/mol. The van der Waals surface area contributed by atoms with Crippen LogP contribution in [0.25, 0.3) is 11.2 Å². The van der Waals surface area contributed by atoms with Gasteiger partial charge in [-0.1, -0.05) is 6.08 Å². The summed E-state index contributed by atoms with van der Waals surface area (Å²) < 4.78 is 17.8. The number of fused-ring (bicyclic) bond motifs is 1. The molecule has 2 aromatic rings. The predicted octanol–water partition coefficient (Wildman–Crippen LogP) is -4.03. The molecule has 0 aliphatic carbocycles. The second-order valence-corrected chi connectivity index (χ2v) is 9.21. The number of nitrogens with zero attached hydrogens (tertiary/aromatic N) is 4. The summed E-state index contributed by atoms with van der Waals surface area (Å²) in [6.07, 6.45) is -9.23. The summed E-state index contributed by atoms with van der Waals surface area (Å²) in [5.41, 5.74) is 1.35. The van der Waals surface area contributed by atoms with Crippen molar-refractivity contribution in [2.24, 2.45) is 0 Å². The lowest BCUT2D eigenvalue weighted by atomic mass is 9.98. The molecule has 2 aromatic heterocycles. The molecule has 0 aromatic carbocycles. The Morgan fingerprint density at radius 2 is 1.58 bits per heavy atom. The van der Waals surface area contributed by atoms with Gasteiger partial charge in [0.15, 0.2) is 29.5 Å². The predicted molar refractivity (Wildman–Crippen MR) is 126 cm³/mol. The molecule has 0 saturated carbocycles. The van der Waals surface area contributed by atoms with E-state index in [1.165, 1.54) is 17.2 Å². The number of ether oxygens (including phenoxy) is 3. The lowest BCUT2D eigenvalue weighted by Gasteiger charge is -2.40. The first-order valence-corrected chi connectivity index (χ1v) is 12.0. The molecule has 16 heteroatoms. The second kappa shape index (κ2) is 12.2. The molecule has 0 unspecified atom stereocenters. The van der Waals surface area contributed by atoms with Gasteiger partial charge in [-0.05, 0) is 12.5 Å². The summed E-state index contributed by atoms with van der Waals surface area (Å²) in [4.78, 5) is 12.6. The molecule has 0 radical (unpaired) electrons. The zero-order chi connectivity index (χ0) is 27.6. The maximum absolute atomic E-state index is 10.4. The van der Waals surface area contributed by atoms with Gasteiger partial charge in [-0.2, -0.15) is 0 Å². The van der Waals surface area contributed by atoms with Gasteiger partial charge in [0.1, 0.15) is 55.2 Å². The van der Waals surface area contributed by atoms with E-state index >= 15 is 0 Å². The van der Waals surface area contributed by atoms with Gasteiger partial charge in [0.2, 0.25) is 0 Å². The Labute approximate surface area is 216 Å². The van der Waals surface area contributed by atoms with Crippen molar-refractivity contribution in [1.82, 2.24) is 19.5 Å². The average molecular weight is 544 g/mol. The van der Waals surface area contributed by atoms with E-state index in [2.05, 4.69) is 20.3 Å². The Balaban J connectivity index is 1.39. The number of rotatable bonds is 9. The van der Waals surface area contributed by atoms with Crippen LogP contribution in [0.1, 0.15) is 13.2 Å². The van der Waals surface area contributed by atoms with Crippen LogP contribution in [0, 0.1) is 0 Å². The van der Waals surface area contributed by atoms with Crippen molar-refractivity contribution in [2.45, 2.75) is 68.3 Å². The summed E-state index contributed by atoms with van der Waals surface area (Å²) in [6.45, 7) is 0.942. The third-order valence-corrected chi connectivity index (χ3v) is 6.54. The van der Waals surface area contributed by atoms with Crippen molar-refractivity contribution in [1.29, 1.82) is 0 Å². The molecule has 10 atom stereocenters. The molecule has 0 bridgehead atoms. The molecule has 9 N–H and O–H groups in total. The third kappa shape index (κ3) is 5.65. The molecule has 2 aliphatic heterocycles. The van der Waals surface area contributed by atoms with Gasteiger partial charge in [0.05, 0.1) is 26.1 Å². The molecule has 38 heavy (non-hydrogen) atoms. The topological polar surface area (TPSA) is 245 Å². The fourth-order valence-electron chi connectivity index (χ4n) is 4.28. The first-order valence-electron chi connectivity index (χ1n) is 12.0. The molecule has 0 spiro atoms. The van der Waals surface area contributed by atoms with Crippen molar-refractivity contribution in [3.63, 3.8) is 0 Å². The Bertz CT molecular complexity index is 1100. The zero-order valence-corrected chi connectivity index (χ0v) is 20.4. The van der Waals surface area contributed by atoms with Gasteiger partial charge in [-0.15, -0.1) is 0 Å². The van der Waals surface area contributed by atoms with Gasteiger partial charge in [-0.25, -0.2) is 15.0 Å². The first-order chi connectivity index (χ1) is 18.2. The van der Waals surface area contributed by atoms with Crippen LogP contribution in [0.3, 0.4) is 0 Å². The van der Waals surface area contributed by atoms with E-state index in [9.17, 15) is 40.9 Å². The molecular weight excluding hydrogens is 510 g/mol. The third-order valence-electron chi connectivity index (χ3n) is 6.54. The van der Waals surface area contributed by atoms with Gasteiger partial charge in [-0.3, -0.25) is 4.57 Å². The summed E-state index contributed by atoms with van der Waals surface area (Å²) in [6, 6.07) is 0. The van der Waals surface area contributed by atoms with Crippen LogP contribution >= 0.6 is 0 Å². The molecule has 212 valence electrons. The zero-order valence-electron chi connectivity index (χ0n) is 20.4. The van der Waals surface area contributed by atoms with Gasteiger partial charge in [0.25, 0.3) is 0 Å². The highest BCUT2D eigenvalue weighted by Crippen LogP contribution is 2.31. The number of aromatic nitrogens is 4. The van der Waals surface area contributed by atoms with Crippen LogP contribution in [0.4, 0.5) is 5.82 Å². The van der Waals surface area contributed by atoms with Crippen LogP contribution in [0.15, 0.2) is 24.3 Å². The average Bonchev–Trinajstić information content (AvgIpc) is 3.35. The Morgan fingerprint density at radius 3 is 2.26 bits per heavy atom. The number of imidazole rings is 1. The Hall–Kier alpha value is -2.35. The molecule has 4 rings (SSSR count). The number of hydrogen-bond acceptors (Lipinski definition) is 15. The Kier molecular flexibility index (Phi) is 9.22. The van der Waals surface area contributed by atoms with Crippen molar-refractivity contribution >= 4 is 17.0 Å². The molecule has 2 saturated heterocycles. The summed E-state index contributed by atoms with van der Waals surface area (Å²) in [5.74, 6) is 0.359. The molecule has 4 heterocycles. The van der Waals surface area contributed by atoms with Gasteiger partial charge >= 0.3 is 0 Å².